The molecular weight excluding hydrogens is 342 g/mol. The monoisotopic (exact) mass is 369 g/mol. The second-order valence-corrected chi connectivity index (χ2v) is 7.38. The molecule has 1 unspecified atom stereocenters. The van der Waals surface area contributed by atoms with Crippen molar-refractivity contribution in [2.24, 2.45) is 0 Å². The van der Waals surface area contributed by atoms with E-state index in [1.807, 2.05) is 32.6 Å². The maximum Gasteiger partial charge on any atom is 0.273 e. The molecule has 2 rings (SSSR count). The fourth-order valence-corrected chi connectivity index (χ4v) is 3.21. The molecule has 1 aromatic rings. The minimum Gasteiger partial charge on any atom is -0.334 e. The van der Waals surface area contributed by atoms with Crippen LogP contribution < -0.4 is 5.32 Å². The van der Waals surface area contributed by atoms with Crippen LogP contribution in [0.1, 0.15) is 56.5 Å². The van der Waals surface area contributed by atoms with E-state index in [0.717, 1.165) is 25.9 Å². The van der Waals surface area contributed by atoms with Gasteiger partial charge in [0.05, 0.1) is 4.92 Å². The normalized spacial score (nSPS) is 17.0. The maximum absolute atomic E-state index is 12.9. The minimum absolute atomic E-state index is 0. The van der Waals surface area contributed by atoms with E-state index < -0.39 is 4.92 Å². The Labute approximate surface area is 155 Å². The second-order valence-electron chi connectivity index (χ2n) is 7.38. The van der Waals surface area contributed by atoms with E-state index in [4.69, 9.17) is 0 Å². The van der Waals surface area contributed by atoms with E-state index in [0.29, 0.717) is 17.7 Å². The topological polar surface area (TPSA) is 75.5 Å². The van der Waals surface area contributed by atoms with Gasteiger partial charge in [-0.25, -0.2) is 0 Å². The van der Waals surface area contributed by atoms with Crippen LogP contribution in [0, 0.1) is 10.1 Å². The first-order valence-corrected chi connectivity index (χ1v) is 8.56. The summed E-state index contributed by atoms with van der Waals surface area (Å²) in [5.41, 5.74) is 0.723. The molecule has 140 valence electrons. The van der Waals surface area contributed by atoms with Crippen LogP contribution in [0.3, 0.4) is 0 Å². The molecule has 0 aromatic heterocycles. The fraction of sp³-hybridized carbons (Fsp3) is 0.611. The minimum atomic E-state index is -0.390. The number of rotatable bonds is 5. The van der Waals surface area contributed by atoms with Crippen molar-refractivity contribution in [3.63, 3.8) is 0 Å². The number of nitro benzene ring substituents is 1. The van der Waals surface area contributed by atoms with Gasteiger partial charge < -0.3 is 10.2 Å². The van der Waals surface area contributed by atoms with Crippen molar-refractivity contribution in [2.45, 2.75) is 52.0 Å². The first kappa shape index (κ1) is 21.4. The first-order chi connectivity index (χ1) is 11.3. The molecule has 1 heterocycles. The number of carbonyl (C=O) groups excluding carboxylic acids is 1. The highest BCUT2D eigenvalue weighted by Crippen LogP contribution is 2.32. The number of nitrogens with zero attached hydrogens (tertiary/aromatic N) is 2. The lowest BCUT2D eigenvalue weighted by atomic mass is 9.85. The summed E-state index contributed by atoms with van der Waals surface area (Å²) in [6, 6.07) is 5.05. The standard InChI is InChI=1S/C18H27N3O3.ClH/c1-5-10-20(14-8-9-19-12-14)17(22)13-6-7-15(18(2,3)4)16(11-13)21(23)24;/h6-7,11,14,19H,5,8-10,12H2,1-4H3;1H. The number of hydrogen-bond donors (Lipinski definition) is 1. The summed E-state index contributed by atoms with van der Waals surface area (Å²) in [6.45, 7) is 10.2. The molecule has 25 heavy (non-hydrogen) atoms. The summed E-state index contributed by atoms with van der Waals surface area (Å²) in [7, 11) is 0. The lowest BCUT2D eigenvalue weighted by Gasteiger charge is -2.28. The highest BCUT2D eigenvalue weighted by atomic mass is 35.5. The molecule has 1 aliphatic heterocycles. The Morgan fingerprint density at radius 2 is 2.08 bits per heavy atom. The Hall–Kier alpha value is -1.66. The zero-order valence-electron chi connectivity index (χ0n) is 15.4. The van der Waals surface area contributed by atoms with Crippen LogP contribution in [-0.4, -0.2) is 41.4 Å². The van der Waals surface area contributed by atoms with Crippen LogP contribution in [0.5, 0.6) is 0 Å². The van der Waals surface area contributed by atoms with E-state index >= 15 is 0 Å². The van der Waals surface area contributed by atoms with Crippen molar-refractivity contribution in [1.29, 1.82) is 0 Å². The summed E-state index contributed by atoms with van der Waals surface area (Å²) in [6.07, 6.45) is 1.79. The van der Waals surface area contributed by atoms with Gasteiger partial charge in [-0.2, -0.15) is 0 Å². The predicted octanol–water partition coefficient (Wildman–Crippen LogP) is 3.53. The van der Waals surface area contributed by atoms with Crippen molar-refractivity contribution < 1.29 is 9.72 Å². The molecule has 1 fully saturated rings. The van der Waals surface area contributed by atoms with E-state index in [1.165, 1.54) is 6.07 Å². The summed E-state index contributed by atoms with van der Waals surface area (Å²) >= 11 is 0. The number of halogens is 1. The van der Waals surface area contributed by atoms with Crippen molar-refractivity contribution in [3.05, 3.63) is 39.4 Å². The molecule has 0 radical (unpaired) electrons. The third-order valence-corrected chi connectivity index (χ3v) is 4.45. The third kappa shape index (κ3) is 4.92. The highest BCUT2D eigenvalue weighted by Gasteiger charge is 2.30. The highest BCUT2D eigenvalue weighted by molar-refractivity contribution is 5.95. The molecule has 1 saturated heterocycles. The Morgan fingerprint density at radius 3 is 2.56 bits per heavy atom. The van der Waals surface area contributed by atoms with E-state index in [2.05, 4.69) is 5.32 Å². The van der Waals surface area contributed by atoms with E-state index in [9.17, 15) is 14.9 Å². The van der Waals surface area contributed by atoms with Crippen LogP contribution in [0.4, 0.5) is 5.69 Å². The molecule has 0 saturated carbocycles. The quantitative estimate of drug-likeness (QED) is 0.636. The molecule has 7 heteroatoms. The Morgan fingerprint density at radius 1 is 1.40 bits per heavy atom. The molecule has 1 N–H and O–H groups in total. The Bertz CT molecular complexity index is 622. The Kier molecular flexibility index (Phi) is 7.38. The van der Waals surface area contributed by atoms with Gasteiger partial charge in [-0.3, -0.25) is 14.9 Å². The van der Waals surface area contributed by atoms with Gasteiger partial charge in [0.1, 0.15) is 0 Å². The SMILES string of the molecule is CCCN(C(=O)c1ccc(C(C)(C)C)c([N+](=O)[O-])c1)C1CCNC1.Cl. The number of carbonyl (C=O) groups is 1. The lowest BCUT2D eigenvalue weighted by molar-refractivity contribution is -0.386. The summed E-state index contributed by atoms with van der Waals surface area (Å²) in [5, 5.41) is 14.7. The summed E-state index contributed by atoms with van der Waals surface area (Å²) in [5.74, 6) is -0.117. The Balaban J connectivity index is 0.00000312. The van der Waals surface area contributed by atoms with Crippen LogP contribution in [0.2, 0.25) is 0 Å². The average molecular weight is 370 g/mol. The van der Waals surface area contributed by atoms with E-state index in [-0.39, 0.29) is 35.5 Å². The predicted molar refractivity (Wildman–Crippen MR) is 102 cm³/mol. The molecule has 1 aliphatic rings. The molecule has 1 aromatic carbocycles. The summed E-state index contributed by atoms with van der Waals surface area (Å²) < 4.78 is 0. The van der Waals surface area contributed by atoms with Crippen molar-refractivity contribution in [2.75, 3.05) is 19.6 Å². The van der Waals surface area contributed by atoms with Gasteiger partial charge in [0.15, 0.2) is 0 Å². The number of nitro groups is 1. The van der Waals surface area contributed by atoms with Crippen LogP contribution in [0.15, 0.2) is 18.2 Å². The van der Waals surface area contributed by atoms with Gasteiger partial charge >= 0.3 is 0 Å². The number of hydrogen-bond acceptors (Lipinski definition) is 4. The van der Waals surface area contributed by atoms with Gasteiger partial charge in [0.25, 0.3) is 11.6 Å². The largest absolute Gasteiger partial charge is 0.334 e. The molecule has 0 spiro atoms. The van der Waals surface area contributed by atoms with Crippen molar-refractivity contribution in [3.8, 4) is 0 Å². The van der Waals surface area contributed by atoms with Gasteiger partial charge in [0.2, 0.25) is 0 Å². The summed E-state index contributed by atoms with van der Waals surface area (Å²) in [4.78, 5) is 25.9. The molecule has 1 amide bonds. The van der Waals surface area contributed by atoms with Crippen LogP contribution in [0.25, 0.3) is 0 Å². The second kappa shape index (κ2) is 8.63. The molecule has 0 bridgehead atoms. The van der Waals surface area contributed by atoms with E-state index in [1.54, 1.807) is 12.1 Å². The molecule has 0 aliphatic carbocycles. The van der Waals surface area contributed by atoms with Crippen molar-refractivity contribution in [1.82, 2.24) is 10.2 Å². The molecule has 1 atom stereocenters. The lowest BCUT2D eigenvalue weighted by Crippen LogP contribution is -2.42. The fourth-order valence-electron chi connectivity index (χ4n) is 3.21. The number of nitrogens with one attached hydrogen (secondary N) is 1. The maximum atomic E-state index is 12.9. The van der Waals surface area contributed by atoms with Crippen LogP contribution in [-0.2, 0) is 5.41 Å². The molecular formula is C18H28ClN3O3. The number of amides is 1. The number of benzene rings is 1. The van der Waals surface area contributed by atoms with Gasteiger partial charge in [-0.05, 0) is 30.9 Å². The van der Waals surface area contributed by atoms with Gasteiger partial charge in [-0.1, -0.05) is 33.8 Å². The first-order valence-electron chi connectivity index (χ1n) is 8.56. The zero-order chi connectivity index (χ0) is 17.9. The van der Waals surface area contributed by atoms with Gasteiger partial charge in [-0.15, -0.1) is 12.4 Å². The van der Waals surface area contributed by atoms with Gasteiger partial charge in [0, 0.05) is 36.3 Å². The van der Waals surface area contributed by atoms with Crippen LogP contribution >= 0.6 is 12.4 Å². The third-order valence-electron chi connectivity index (χ3n) is 4.45. The average Bonchev–Trinajstić information content (AvgIpc) is 3.04. The smallest absolute Gasteiger partial charge is 0.273 e. The van der Waals surface area contributed by atoms with Crippen molar-refractivity contribution >= 4 is 24.0 Å². The molecule has 6 nitrogen and oxygen atoms in total. The zero-order valence-corrected chi connectivity index (χ0v) is 16.2.